The average Bonchev–Trinajstić information content (AvgIpc) is 3.53. The van der Waals surface area contributed by atoms with E-state index in [4.69, 9.17) is 9.47 Å². The van der Waals surface area contributed by atoms with Crippen LogP contribution in [0.25, 0.3) is 0 Å². The number of rotatable bonds is 17. The first kappa shape index (κ1) is 36.9. The van der Waals surface area contributed by atoms with E-state index in [-0.39, 0.29) is 27.7 Å². The zero-order valence-electron chi connectivity index (χ0n) is 30.7. The SMILES string of the molecule is CC(C)Cc1cn(C(C)(C)CCOC(C)(C)Cc2ccc(CC(C)(C)OCCC(C)(C)n3cc(CC(C)(C)C)nn3)cc2)nn1. The largest absolute Gasteiger partial charge is 0.375 e. The molecule has 0 aliphatic carbocycles. The van der Waals surface area contributed by atoms with E-state index in [1.54, 1.807) is 0 Å². The highest BCUT2D eigenvalue weighted by molar-refractivity contribution is 5.25. The summed E-state index contributed by atoms with van der Waals surface area (Å²) in [6.07, 6.45) is 9.47. The number of hydrogen-bond donors (Lipinski definition) is 0. The predicted octanol–water partition coefficient (Wildman–Crippen LogP) is 7.98. The summed E-state index contributed by atoms with van der Waals surface area (Å²) in [6.45, 7) is 29.9. The Hall–Kier alpha value is -2.58. The third-order valence-electron chi connectivity index (χ3n) is 8.35. The molecule has 0 aliphatic heterocycles. The lowest BCUT2D eigenvalue weighted by Gasteiger charge is -2.30. The van der Waals surface area contributed by atoms with Crippen molar-refractivity contribution in [2.24, 2.45) is 11.3 Å². The van der Waals surface area contributed by atoms with E-state index in [2.05, 4.69) is 147 Å². The second-order valence-corrected chi connectivity index (χ2v) is 17.2. The Morgan fingerprint density at radius 3 is 1.40 bits per heavy atom. The Morgan fingerprint density at radius 2 is 1.00 bits per heavy atom. The topological polar surface area (TPSA) is 79.9 Å². The summed E-state index contributed by atoms with van der Waals surface area (Å²) in [4.78, 5) is 0. The van der Waals surface area contributed by atoms with Crippen LogP contribution >= 0.6 is 0 Å². The lowest BCUT2D eigenvalue weighted by Crippen LogP contribution is -2.33. The Morgan fingerprint density at radius 1 is 0.600 bits per heavy atom. The van der Waals surface area contributed by atoms with Gasteiger partial charge in [-0.05, 0) is 104 Å². The van der Waals surface area contributed by atoms with Crippen LogP contribution in [0.1, 0.15) is 125 Å². The van der Waals surface area contributed by atoms with Gasteiger partial charge >= 0.3 is 0 Å². The lowest BCUT2D eigenvalue weighted by atomic mass is 9.91. The van der Waals surface area contributed by atoms with Gasteiger partial charge in [0.15, 0.2) is 0 Å². The minimum absolute atomic E-state index is 0.156. The minimum atomic E-state index is -0.272. The van der Waals surface area contributed by atoms with Crippen molar-refractivity contribution >= 4 is 0 Å². The molecule has 3 rings (SSSR count). The van der Waals surface area contributed by atoms with Gasteiger partial charge in [0.2, 0.25) is 0 Å². The predicted molar refractivity (Wildman–Crippen MR) is 184 cm³/mol. The van der Waals surface area contributed by atoms with Crippen molar-refractivity contribution in [2.45, 2.75) is 151 Å². The zero-order chi connectivity index (χ0) is 33.7. The van der Waals surface area contributed by atoms with Crippen LogP contribution in [-0.2, 0) is 46.2 Å². The highest BCUT2D eigenvalue weighted by Crippen LogP contribution is 2.26. The molecule has 1 aromatic carbocycles. The molecule has 8 heteroatoms. The molecule has 3 aromatic rings. The summed E-state index contributed by atoms with van der Waals surface area (Å²) in [5.41, 5.74) is 3.97. The molecule has 0 saturated carbocycles. The van der Waals surface area contributed by atoms with Crippen molar-refractivity contribution in [1.82, 2.24) is 30.0 Å². The zero-order valence-corrected chi connectivity index (χ0v) is 30.7. The second-order valence-electron chi connectivity index (χ2n) is 17.2. The molecule has 8 nitrogen and oxygen atoms in total. The van der Waals surface area contributed by atoms with Crippen molar-refractivity contribution in [3.63, 3.8) is 0 Å². The summed E-state index contributed by atoms with van der Waals surface area (Å²) in [5, 5.41) is 17.6. The first-order valence-electron chi connectivity index (χ1n) is 16.8. The Kier molecular flexibility index (Phi) is 11.8. The molecule has 0 amide bonds. The summed E-state index contributed by atoms with van der Waals surface area (Å²) >= 11 is 0. The summed E-state index contributed by atoms with van der Waals surface area (Å²) < 4.78 is 16.8. The van der Waals surface area contributed by atoms with E-state index in [1.165, 1.54) is 11.1 Å². The fourth-order valence-corrected chi connectivity index (χ4v) is 5.57. The van der Waals surface area contributed by atoms with Gasteiger partial charge in [0.05, 0.1) is 33.7 Å². The number of aromatic nitrogens is 6. The molecule has 2 heterocycles. The number of benzene rings is 1. The molecular weight excluding hydrogens is 560 g/mol. The van der Waals surface area contributed by atoms with Gasteiger partial charge in [0.1, 0.15) is 0 Å². The molecule has 45 heavy (non-hydrogen) atoms. The van der Waals surface area contributed by atoms with Gasteiger partial charge in [-0.3, -0.25) is 0 Å². The van der Waals surface area contributed by atoms with Gasteiger partial charge in [0, 0.05) is 38.4 Å². The highest BCUT2D eigenvalue weighted by atomic mass is 16.5. The Bertz CT molecular complexity index is 1330. The van der Waals surface area contributed by atoms with Crippen LogP contribution < -0.4 is 0 Å². The van der Waals surface area contributed by atoms with Crippen LogP contribution in [0.3, 0.4) is 0 Å². The van der Waals surface area contributed by atoms with E-state index >= 15 is 0 Å². The molecule has 0 unspecified atom stereocenters. The van der Waals surface area contributed by atoms with Gasteiger partial charge in [-0.1, -0.05) is 69.3 Å². The van der Waals surface area contributed by atoms with Gasteiger partial charge in [-0.15, -0.1) is 10.2 Å². The molecule has 252 valence electrons. The van der Waals surface area contributed by atoms with Crippen molar-refractivity contribution in [2.75, 3.05) is 13.2 Å². The van der Waals surface area contributed by atoms with Crippen LogP contribution in [0.15, 0.2) is 36.7 Å². The van der Waals surface area contributed by atoms with Crippen LogP contribution in [0.4, 0.5) is 0 Å². The van der Waals surface area contributed by atoms with Crippen molar-refractivity contribution < 1.29 is 9.47 Å². The molecular formula is C37H62N6O2. The summed E-state index contributed by atoms with van der Waals surface area (Å²) in [5.74, 6) is 0.568. The maximum Gasteiger partial charge on any atom is 0.0832 e. The normalized spacial score (nSPS) is 13.6. The smallest absolute Gasteiger partial charge is 0.0832 e. The fraction of sp³-hybridized carbons (Fsp3) is 0.730. The summed E-state index contributed by atoms with van der Waals surface area (Å²) in [7, 11) is 0. The lowest BCUT2D eigenvalue weighted by molar-refractivity contribution is -0.0291. The maximum absolute atomic E-state index is 6.42. The molecule has 0 fully saturated rings. The number of nitrogens with zero attached hydrogens (tertiary/aromatic N) is 6. The van der Waals surface area contributed by atoms with E-state index < -0.39 is 0 Å². The fourth-order valence-electron chi connectivity index (χ4n) is 5.57. The van der Waals surface area contributed by atoms with Crippen LogP contribution in [-0.4, -0.2) is 54.4 Å². The molecule has 0 spiro atoms. The molecule has 0 radical (unpaired) electrons. The standard InChI is InChI=1S/C37H62N6O2/c1-28(2)22-31-26-42(40-38-31)34(6,7)18-20-44-36(10,11)23-29-14-16-30(17-15-29)24-37(12,13)45-21-19-35(8,9)43-27-32(39-41-43)25-33(3,4)5/h14-17,26-28H,18-25H2,1-13H3. The van der Waals surface area contributed by atoms with E-state index in [1.807, 2.05) is 9.36 Å². The van der Waals surface area contributed by atoms with E-state index in [0.717, 1.165) is 49.9 Å². The maximum atomic E-state index is 6.42. The van der Waals surface area contributed by atoms with Crippen molar-refractivity contribution in [3.05, 3.63) is 59.2 Å². The van der Waals surface area contributed by atoms with Crippen LogP contribution in [0.2, 0.25) is 0 Å². The monoisotopic (exact) mass is 622 g/mol. The van der Waals surface area contributed by atoms with E-state index in [9.17, 15) is 0 Å². The number of ether oxygens (including phenoxy) is 2. The van der Waals surface area contributed by atoms with Crippen LogP contribution in [0, 0.1) is 11.3 Å². The molecule has 0 saturated heterocycles. The van der Waals surface area contributed by atoms with Gasteiger partial charge in [-0.2, -0.15) is 0 Å². The Labute approximate surface area is 273 Å². The number of hydrogen-bond acceptors (Lipinski definition) is 6. The molecule has 2 aromatic heterocycles. The van der Waals surface area contributed by atoms with E-state index in [0.29, 0.717) is 19.1 Å². The Balaban J connectivity index is 1.45. The quantitative estimate of drug-likeness (QED) is 0.152. The average molecular weight is 623 g/mol. The first-order valence-corrected chi connectivity index (χ1v) is 16.8. The first-order chi connectivity index (χ1) is 20.6. The minimum Gasteiger partial charge on any atom is -0.375 e. The van der Waals surface area contributed by atoms with Gasteiger partial charge in [-0.25, -0.2) is 9.36 Å². The molecule has 0 atom stereocenters. The molecule has 0 bridgehead atoms. The van der Waals surface area contributed by atoms with Gasteiger partial charge in [0.25, 0.3) is 0 Å². The molecule has 0 N–H and O–H groups in total. The van der Waals surface area contributed by atoms with Crippen molar-refractivity contribution in [3.8, 4) is 0 Å². The second kappa shape index (κ2) is 14.5. The molecule has 0 aliphatic rings. The van der Waals surface area contributed by atoms with Gasteiger partial charge < -0.3 is 9.47 Å². The summed E-state index contributed by atoms with van der Waals surface area (Å²) in [6, 6.07) is 8.93. The third kappa shape index (κ3) is 12.3. The highest BCUT2D eigenvalue weighted by Gasteiger charge is 2.27. The van der Waals surface area contributed by atoms with Crippen molar-refractivity contribution in [1.29, 1.82) is 0 Å². The van der Waals surface area contributed by atoms with Crippen LogP contribution in [0.5, 0.6) is 0 Å². The third-order valence-corrected chi connectivity index (χ3v) is 8.35.